The first kappa shape index (κ1) is 16.5. The predicted molar refractivity (Wildman–Crippen MR) is 100 cm³/mol. The lowest BCUT2D eigenvalue weighted by molar-refractivity contribution is -0.125. The van der Waals surface area contributed by atoms with Gasteiger partial charge in [-0.1, -0.05) is 23.2 Å². The minimum absolute atomic E-state index is 0.00687. The van der Waals surface area contributed by atoms with Crippen molar-refractivity contribution in [1.82, 2.24) is 10.2 Å². The summed E-state index contributed by atoms with van der Waals surface area (Å²) >= 11 is 12.3. The molecule has 3 saturated heterocycles. The van der Waals surface area contributed by atoms with E-state index in [9.17, 15) is 10.1 Å². The highest BCUT2D eigenvalue weighted by atomic mass is 35.5. The molecule has 6 atom stereocenters. The van der Waals surface area contributed by atoms with Crippen molar-refractivity contribution in [3.8, 4) is 6.19 Å². The maximum Gasteiger partial charge on any atom is 0.225 e. The third kappa shape index (κ3) is 2.54. The van der Waals surface area contributed by atoms with Crippen LogP contribution in [0.1, 0.15) is 25.7 Å². The molecule has 1 aromatic carbocycles. The number of carbonyl (C=O) groups excluding carboxylic acids is 1. The number of piperidine rings is 1. The highest BCUT2D eigenvalue weighted by Gasteiger charge is 2.56. The van der Waals surface area contributed by atoms with E-state index in [1.165, 1.54) is 0 Å². The van der Waals surface area contributed by atoms with Gasteiger partial charge in [0.05, 0.1) is 18.0 Å². The number of hydrogen-bond acceptors (Lipinski definition) is 4. The Hall–Kier alpha value is -1.64. The third-order valence-electron chi connectivity index (χ3n) is 6.61. The lowest BCUT2D eigenvalue weighted by atomic mass is 9.94. The second kappa shape index (κ2) is 5.94. The molecule has 3 aliphatic heterocycles. The zero-order chi connectivity index (χ0) is 18.0. The molecular formula is C19H20Cl2N4O. The topological polar surface area (TPSA) is 59.4 Å². The van der Waals surface area contributed by atoms with Crippen LogP contribution in [0.3, 0.4) is 0 Å². The monoisotopic (exact) mass is 390 g/mol. The molecule has 1 N–H and O–H groups in total. The number of hydrogen-bond donors (Lipinski definition) is 1. The number of rotatable bonds is 3. The Bertz CT molecular complexity index is 789. The van der Waals surface area contributed by atoms with Crippen molar-refractivity contribution >= 4 is 34.8 Å². The van der Waals surface area contributed by atoms with Crippen molar-refractivity contribution in [3.05, 3.63) is 28.2 Å². The Morgan fingerprint density at radius 3 is 2.62 bits per heavy atom. The van der Waals surface area contributed by atoms with Crippen molar-refractivity contribution in [1.29, 1.82) is 5.26 Å². The summed E-state index contributed by atoms with van der Waals surface area (Å²) in [4.78, 5) is 17.1. The van der Waals surface area contributed by atoms with Gasteiger partial charge in [-0.15, -0.1) is 0 Å². The molecule has 26 heavy (non-hydrogen) atoms. The summed E-state index contributed by atoms with van der Waals surface area (Å²) in [6.45, 7) is 0.709. The first-order chi connectivity index (χ1) is 12.5. The van der Waals surface area contributed by atoms with Gasteiger partial charge in [0.2, 0.25) is 5.91 Å². The predicted octanol–water partition coefficient (Wildman–Crippen LogP) is 3.02. The molecule has 1 saturated carbocycles. The van der Waals surface area contributed by atoms with Crippen molar-refractivity contribution in [2.24, 2.45) is 11.8 Å². The van der Waals surface area contributed by atoms with E-state index in [1.807, 2.05) is 17.0 Å². The number of halogens is 2. The van der Waals surface area contributed by atoms with Crippen molar-refractivity contribution in [2.45, 2.75) is 49.9 Å². The van der Waals surface area contributed by atoms with Gasteiger partial charge >= 0.3 is 0 Å². The number of fused-ring (bicyclic) bond motifs is 3. The highest BCUT2D eigenvalue weighted by Crippen LogP contribution is 2.50. The Morgan fingerprint density at radius 2 is 1.92 bits per heavy atom. The van der Waals surface area contributed by atoms with Crippen LogP contribution in [0.5, 0.6) is 0 Å². The molecule has 1 aliphatic carbocycles. The summed E-state index contributed by atoms with van der Waals surface area (Å²) in [6.07, 6.45) is 6.33. The molecule has 4 aliphatic rings. The number of benzene rings is 1. The molecule has 136 valence electrons. The lowest BCUT2D eigenvalue weighted by Gasteiger charge is -2.26. The Morgan fingerprint density at radius 1 is 1.15 bits per heavy atom. The number of nitrogens with one attached hydrogen (secondary N) is 1. The van der Waals surface area contributed by atoms with Crippen molar-refractivity contribution in [3.63, 3.8) is 0 Å². The molecule has 1 amide bonds. The van der Waals surface area contributed by atoms with Gasteiger partial charge in [-0.3, -0.25) is 4.79 Å². The fourth-order valence-corrected chi connectivity index (χ4v) is 5.86. The average Bonchev–Trinajstić information content (AvgIpc) is 2.99. The number of nitriles is 1. The Balaban J connectivity index is 1.27. The minimum atomic E-state index is 0.00687. The van der Waals surface area contributed by atoms with Crippen LogP contribution in [-0.4, -0.2) is 41.5 Å². The molecule has 5 rings (SSSR count). The highest BCUT2D eigenvalue weighted by molar-refractivity contribution is 6.35. The number of anilines is 1. The Kier molecular flexibility index (Phi) is 3.77. The fraction of sp³-hybridized carbons (Fsp3) is 0.579. The number of nitrogens with zero attached hydrogens (tertiary/aromatic N) is 3. The molecule has 0 radical (unpaired) electrons. The number of carbonyl (C=O) groups is 1. The van der Waals surface area contributed by atoms with E-state index in [0.717, 1.165) is 31.4 Å². The zero-order valence-electron chi connectivity index (χ0n) is 14.2. The molecular weight excluding hydrogens is 371 g/mol. The van der Waals surface area contributed by atoms with Gasteiger partial charge < -0.3 is 15.1 Å². The average molecular weight is 391 g/mol. The van der Waals surface area contributed by atoms with Gasteiger partial charge in [0.25, 0.3) is 0 Å². The van der Waals surface area contributed by atoms with E-state index in [0.29, 0.717) is 34.6 Å². The summed E-state index contributed by atoms with van der Waals surface area (Å²) in [6, 6.07) is 6.61. The van der Waals surface area contributed by atoms with Gasteiger partial charge in [0, 0.05) is 34.4 Å². The molecule has 7 heteroatoms. The van der Waals surface area contributed by atoms with Gasteiger partial charge in [-0.05, 0) is 49.8 Å². The SMILES string of the molecule is N#CN1[C@H]2CC[C@@H]1[C@H](NC(=O)[C@@H]1CN(c3cc(Cl)cc(Cl)c3)C3C[C@@H]31)C2. The number of amides is 1. The lowest BCUT2D eigenvalue weighted by Crippen LogP contribution is -2.46. The second-order valence-corrected chi connectivity index (χ2v) is 8.88. The summed E-state index contributed by atoms with van der Waals surface area (Å²) in [7, 11) is 0. The van der Waals surface area contributed by atoms with E-state index in [4.69, 9.17) is 23.2 Å². The minimum Gasteiger partial charge on any atom is -0.367 e. The first-order valence-electron chi connectivity index (χ1n) is 9.26. The van der Waals surface area contributed by atoms with E-state index in [-0.39, 0.29) is 23.9 Å². The summed E-state index contributed by atoms with van der Waals surface area (Å²) in [5.74, 6) is 0.564. The van der Waals surface area contributed by atoms with Crippen LogP contribution < -0.4 is 10.2 Å². The molecule has 0 spiro atoms. The fourth-order valence-electron chi connectivity index (χ4n) is 5.34. The maximum absolute atomic E-state index is 12.9. The van der Waals surface area contributed by atoms with Gasteiger partial charge in [0.15, 0.2) is 6.19 Å². The smallest absolute Gasteiger partial charge is 0.225 e. The van der Waals surface area contributed by atoms with Gasteiger partial charge in [-0.2, -0.15) is 5.26 Å². The molecule has 3 heterocycles. The van der Waals surface area contributed by atoms with Crippen LogP contribution in [-0.2, 0) is 4.79 Å². The van der Waals surface area contributed by atoms with Crippen molar-refractivity contribution in [2.75, 3.05) is 11.4 Å². The van der Waals surface area contributed by atoms with Crippen LogP contribution in [0.15, 0.2) is 18.2 Å². The van der Waals surface area contributed by atoms with Crippen LogP contribution in [0.25, 0.3) is 0 Å². The van der Waals surface area contributed by atoms with Gasteiger partial charge in [-0.25, -0.2) is 0 Å². The van der Waals surface area contributed by atoms with E-state index in [2.05, 4.69) is 16.4 Å². The quantitative estimate of drug-likeness (QED) is 0.805. The normalized spacial score (nSPS) is 36.8. The molecule has 0 aromatic heterocycles. The Labute approximate surface area is 162 Å². The van der Waals surface area contributed by atoms with Crippen LogP contribution in [0, 0.1) is 23.3 Å². The van der Waals surface area contributed by atoms with Crippen LogP contribution in [0.2, 0.25) is 10.0 Å². The molecule has 1 aromatic rings. The van der Waals surface area contributed by atoms with E-state index in [1.54, 1.807) is 6.07 Å². The van der Waals surface area contributed by atoms with Gasteiger partial charge in [0.1, 0.15) is 0 Å². The largest absolute Gasteiger partial charge is 0.367 e. The zero-order valence-corrected chi connectivity index (χ0v) is 15.7. The second-order valence-electron chi connectivity index (χ2n) is 8.01. The van der Waals surface area contributed by atoms with Crippen LogP contribution >= 0.6 is 23.2 Å². The molecule has 1 unspecified atom stereocenters. The first-order valence-corrected chi connectivity index (χ1v) is 10.0. The van der Waals surface area contributed by atoms with E-state index < -0.39 is 0 Å². The summed E-state index contributed by atoms with van der Waals surface area (Å²) in [5.41, 5.74) is 1.00. The summed E-state index contributed by atoms with van der Waals surface area (Å²) in [5, 5.41) is 13.8. The van der Waals surface area contributed by atoms with Crippen LogP contribution in [0.4, 0.5) is 5.69 Å². The third-order valence-corrected chi connectivity index (χ3v) is 7.05. The molecule has 2 bridgehead atoms. The van der Waals surface area contributed by atoms with Crippen molar-refractivity contribution < 1.29 is 4.79 Å². The maximum atomic E-state index is 12.9. The standard InChI is InChI=1S/C19H20Cl2N4O/c20-10-3-11(21)5-13(4-10)24-8-15(14-7-18(14)24)19(26)23-16-6-12-1-2-17(16)25(12)9-22/h3-5,12,14-18H,1-2,6-8H2,(H,23,26)/t12-,14+,15+,16+,17+,18?/m0/s1. The molecule has 5 nitrogen and oxygen atoms in total. The van der Waals surface area contributed by atoms with E-state index >= 15 is 0 Å². The molecule has 4 fully saturated rings. The summed E-state index contributed by atoms with van der Waals surface area (Å²) < 4.78 is 0.